The topological polar surface area (TPSA) is 73.6 Å². The third-order valence-electron chi connectivity index (χ3n) is 2.23. The minimum atomic E-state index is -3.97. The highest BCUT2D eigenvalue weighted by Gasteiger charge is 2.25. The van der Waals surface area contributed by atoms with Crippen molar-refractivity contribution in [3.63, 3.8) is 0 Å². The average Bonchev–Trinajstić information content (AvgIpc) is 2.58. The lowest BCUT2D eigenvalue weighted by atomic mass is 10.1. The SMILES string of the molecule is CC(C)CC(C)OC(=O)c1cc(S(=O)(=O)Cl)c(Br)o1. The summed E-state index contributed by atoms with van der Waals surface area (Å²) in [6.07, 6.45) is 0.418. The van der Waals surface area contributed by atoms with Crippen molar-refractivity contribution < 1.29 is 22.4 Å². The van der Waals surface area contributed by atoms with Gasteiger partial charge in [-0.05, 0) is 35.2 Å². The van der Waals surface area contributed by atoms with Gasteiger partial charge in [0.15, 0.2) is 4.67 Å². The van der Waals surface area contributed by atoms with Crippen molar-refractivity contribution in [2.24, 2.45) is 5.92 Å². The second-order valence-electron chi connectivity index (χ2n) is 4.53. The van der Waals surface area contributed by atoms with Gasteiger partial charge in [-0.3, -0.25) is 0 Å². The van der Waals surface area contributed by atoms with Gasteiger partial charge in [-0.25, -0.2) is 13.2 Å². The molecular formula is C11H14BrClO5S. The first-order valence-corrected chi connectivity index (χ1v) is 8.66. The summed E-state index contributed by atoms with van der Waals surface area (Å²) in [5, 5.41) is 0. The number of furan rings is 1. The van der Waals surface area contributed by atoms with Gasteiger partial charge in [-0.2, -0.15) is 0 Å². The van der Waals surface area contributed by atoms with Crippen molar-refractivity contribution in [1.82, 2.24) is 0 Å². The van der Waals surface area contributed by atoms with Gasteiger partial charge in [0.1, 0.15) is 4.90 Å². The monoisotopic (exact) mass is 372 g/mol. The molecule has 0 aromatic carbocycles. The molecule has 0 spiro atoms. The molecule has 1 atom stereocenters. The molecule has 19 heavy (non-hydrogen) atoms. The smallest absolute Gasteiger partial charge is 0.374 e. The van der Waals surface area contributed by atoms with Crippen LogP contribution in [-0.4, -0.2) is 20.5 Å². The van der Waals surface area contributed by atoms with Gasteiger partial charge < -0.3 is 9.15 Å². The van der Waals surface area contributed by atoms with Crippen LogP contribution in [0.3, 0.4) is 0 Å². The van der Waals surface area contributed by atoms with Crippen LogP contribution in [-0.2, 0) is 13.8 Å². The van der Waals surface area contributed by atoms with Crippen LogP contribution in [0.15, 0.2) is 20.0 Å². The third kappa shape index (κ3) is 4.81. The normalized spacial score (nSPS) is 13.6. The van der Waals surface area contributed by atoms with Crippen LogP contribution in [0.4, 0.5) is 0 Å². The first-order valence-electron chi connectivity index (χ1n) is 5.56. The molecule has 0 bridgehead atoms. The third-order valence-corrected chi connectivity index (χ3v) is 4.41. The number of hydrogen-bond acceptors (Lipinski definition) is 5. The summed E-state index contributed by atoms with van der Waals surface area (Å²) >= 11 is 2.89. The summed E-state index contributed by atoms with van der Waals surface area (Å²) in [6.45, 7) is 5.77. The van der Waals surface area contributed by atoms with Crippen molar-refractivity contribution in [3.8, 4) is 0 Å². The second kappa shape index (κ2) is 6.28. The summed E-state index contributed by atoms with van der Waals surface area (Å²) in [5.41, 5.74) is 0. The van der Waals surface area contributed by atoms with Crippen LogP contribution in [0.25, 0.3) is 0 Å². The van der Waals surface area contributed by atoms with Crippen LogP contribution in [0, 0.1) is 5.92 Å². The van der Waals surface area contributed by atoms with Gasteiger partial charge >= 0.3 is 5.97 Å². The summed E-state index contributed by atoms with van der Waals surface area (Å²) in [7, 11) is 1.22. The van der Waals surface area contributed by atoms with Crippen molar-refractivity contribution in [2.75, 3.05) is 0 Å². The van der Waals surface area contributed by atoms with Gasteiger partial charge in [0.05, 0.1) is 6.10 Å². The molecular weight excluding hydrogens is 360 g/mol. The molecule has 8 heteroatoms. The number of ether oxygens (including phenoxy) is 1. The zero-order chi connectivity index (χ0) is 14.8. The van der Waals surface area contributed by atoms with E-state index in [0.29, 0.717) is 12.3 Å². The Bertz CT molecular complexity index is 564. The Labute approximate surface area is 124 Å². The van der Waals surface area contributed by atoms with E-state index in [9.17, 15) is 13.2 Å². The van der Waals surface area contributed by atoms with E-state index >= 15 is 0 Å². The van der Waals surface area contributed by atoms with Crippen molar-refractivity contribution in [3.05, 3.63) is 16.5 Å². The minimum Gasteiger partial charge on any atom is -0.457 e. The number of rotatable bonds is 5. The zero-order valence-electron chi connectivity index (χ0n) is 10.6. The van der Waals surface area contributed by atoms with Crippen LogP contribution < -0.4 is 0 Å². The van der Waals surface area contributed by atoms with E-state index in [2.05, 4.69) is 15.9 Å². The maximum atomic E-state index is 11.8. The lowest BCUT2D eigenvalue weighted by Crippen LogP contribution is -2.16. The Kier molecular flexibility index (Phi) is 5.46. The van der Waals surface area contributed by atoms with E-state index in [-0.39, 0.29) is 21.4 Å². The van der Waals surface area contributed by atoms with Crippen molar-refractivity contribution >= 4 is 41.6 Å². The molecule has 1 heterocycles. The fourth-order valence-electron chi connectivity index (χ4n) is 1.57. The van der Waals surface area contributed by atoms with E-state index in [4.69, 9.17) is 19.8 Å². The predicted octanol–water partition coefficient (Wildman–Crippen LogP) is 3.56. The predicted molar refractivity (Wildman–Crippen MR) is 73.8 cm³/mol. The lowest BCUT2D eigenvalue weighted by Gasteiger charge is -2.13. The maximum absolute atomic E-state index is 11.8. The van der Waals surface area contributed by atoms with Gasteiger partial charge in [-0.15, -0.1) is 0 Å². The van der Waals surface area contributed by atoms with E-state index in [1.54, 1.807) is 6.92 Å². The fourth-order valence-corrected chi connectivity index (χ4v) is 3.60. The van der Waals surface area contributed by atoms with Crippen LogP contribution in [0.5, 0.6) is 0 Å². The van der Waals surface area contributed by atoms with Crippen molar-refractivity contribution in [2.45, 2.75) is 38.2 Å². The van der Waals surface area contributed by atoms with Crippen LogP contribution in [0.2, 0.25) is 0 Å². The minimum absolute atomic E-state index is 0.119. The molecule has 0 N–H and O–H groups in total. The Morgan fingerprint density at radius 2 is 2.05 bits per heavy atom. The highest BCUT2D eigenvalue weighted by atomic mass is 79.9. The highest BCUT2D eigenvalue weighted by molar-refractivity contribution is 9.10. The number of halogens is 2. The van der Waals surface area contributed by atoms with E-state index in [0.717, 1.165) is 6.07 Å². The van der Waals surface area contributed by atoms with Crippen LogP contribution in [0.1, 0.15) is 37.7 Å². The van der Waals surface area contributed by atoms with Crippen molar-refractivity contribution in [1.29, 1.82) is 0 Å². The molecule has 0 amide bonds. The molecule has 5 nitrogen and oxygen atoms in total. The number of esters is 1. The van der Waals surface area contributed by atoms with Gasteiger partial charge in [0.25, 0.3) is 9.05 Å². The molecule has 1 rings (SSSR count). The second-order valence-corrected chi connectivity index (χ2v) is 7.79. The average molecular weight is 374 g/mol. The molecule has 1 unspecified atom stereocenters. The standard InChI is InChI=1S/C11H14BrClO5S/c1-6(2)4-7(3)17-11(14)8-5-9(10(12)18-8)19(13,15)16/h5-7H,4H2,1-3H3. The maximum Gasteiger partial charge on any atom is 0.374 e. The number of hydrogen-bond donors (Lipinski definition) is 0. The summed E-state index contributed by atoms with van der Waals surface area (Å²) in [5.74, 6) is -0.549. The van der Waals surface area contributed by atoms with Gasteiger partial charge in [-0.1, -0.05) is 13.8 Å². The van der Waals surface area contributed by atoms with E-state index < -0.39 is 15.0 Å². The molecule has 0 aliphatic carbocycles. The Balaban J connectivity index is 2.85. The first-order chi connectivity index (χ1) is 8.61. The van der Waals surface area contributed by atoms with Gasteiger partial charge in [0.2, 0.25) is 5.76 Å². The fraction of sp³-hybridized carbons (Fsp3) is 0.545. The highest BCUT2D eigenvalue weighted by Crippen LogP contribution is 2.29. The molecule has 0 aliphatic rings. The summed E-state index contributed by atoms with van der Waals surface area (Å²) in [6, 6.07) is 1.04. The molecule has 1 aromatic heterocycles. The number of carbonyl (C=O) groups is 1. The van der Waals surface area contributed by atoms with E-state index in [1.807, 2.05) is 13.8 Å². The molecule has 0 saturated carbocycles. The molecule has 0 fully saturated rings. The molecule has 0 aliphatic heterocycles. The Morgan fingerprint density at radius 3 is 2.47 bits per heavy atom. The molecule has 0 saturated heterocycles. The largest absolute Gasteiger partial charge is 0.457 e. The quantitative estimate of drug-likeness (QED) is 0.583. The number of carbonyl (C=O) groups excluding carboxylic acids is 1. The van der Waals surface area contributed by atoms with E-state index in [1.165, 1.54) is 0 Å². The lowest BCUT2D eigenvalue weighted by molar-refractivity contribution is 0.0262. The Morgan fingerprint density at radius 1 is 1.47 bits per heavy atom. The summed E-state index contributed by atoms with van der Waals surface area (Å²) < 4.78 is 32.4. The molecule has 0 radical (unpaired) electrons. The molecule has 108 valence electrons. The van der Waals surface area contributed by atoms with Crippen LogP contribution >= 0.6 is 26.6 Å². The zero-order valence-corrected chi connectivity index (χ0v) is 13.8. The molecule has 1 aromatic rings. The first kappa shape index (κ1) is 16.5. The Hall–Kier alpha value is -0.530. The van der Waals surface area contributed by atoms with Gasteiger partial charge in [0, 0.05) is 16.7 Å². The summed E-state index contributed by atoms with van der Waals surface area (Å²) in [4.78, 5) is 11.5.